The summed E-state index contributed by atoms with van der Waals surface area (Å²) in [6.07, 6.45) is 0.134. The second-order valence-electron chi connectivity index (χ2n) is 12.8. The average molecular weight is 664 g/mol. The van der Waals surface area contributed by atoms with Crippen LogP contribution < -0.4 is 0 Å². The third kappa shape index (κ3) is 9.05. The maximum absolute atomic E-state index is 12.3. The van der Waals surface area contributed by atoms with Crippen LogP contribution in [0, 0.1) is 0 Å². The number of nitrogens with one attached hydrogen (secondary N) is 1. The number of aliphatic hydroxyl groups excluding tert-OH is 1. The number of hydrogen-bond donors (Lipinski definition) is 2. The van der Waals surface area contributed by atoms with Gasteiger partial charge in [0.2, 0.25) is 0 Å². The molecule has 7 unspecified atom stereocenters. The quantitative estimate of drug-likeness (QED) is 0.0974. The molecule has 0 spiro atoms. The Morgan fingerprint density at radius 2 is 1.08 bits per heavy atom. The number of benzene rings is 4. The highest BCUT2D eigenvalue weighted by atomic mass is 16.6. The molecule has 4 aromatic carbocycles. The summed E-state index contributed by atoms with van der Waals surface area (Å²) in [6.45, 7) is 5.67. The highest BCUT2D eigenvalue weighted by Crippen LogP contribution is 2.37. The first-order valence-corrected chi connectivity index (χ1v) is 17.6. The fourth-order valence-electron chi connectivity index (χ4n) is 6.67. The van der Waals surface area contributed by atoms with Gasteiger partial charge < -0.3 is 33.8 Å². The van der Waals surface area contributed by atoms with Gasteiger partial charge in [0.15, 0.2) is 0 Å². The van der Waals surface area contributed by atoms with Crippen molar-refractivity contribution < 1.29 is 28.8 Å². The monoisotopic (exact) mass is 663 g/mol. The van der Waals surface area contributed by atoms with E-state index in [1.54, 1.807) is 0 Å². The van der Waals surface area contributed by atoms with Gasteiger partial charge in [-0.2, -0.15) is 0 Å². The van der Waals surface area contributed by atoms with Crippen molar-refractivity contribution in [2.24, 2.45) is 0 Å². The summed E-state index contributed by atoms with van der Waals surface area (Å²) in [5.41, 5.74) is 5.11. The lowest BCUT2D eigenvalue weighted by molar-refractivity contribution is -0.285. The lowest BCUT2D eigenvalue weighted by Gasteiger charge is -2.49. The standard InChI is InChI=1S/C42H49NO6/c1-3-4-16-25-45-38-37(44)39(49-30(2)35-26-43-36-24-15-14-23-34(35)36)41(47-28-32-19-10-6-11-20-32)42(48-29-33-21-12-7-13-22-33)40(38)46-27-31-17-8-5-9-18-31/h5-15,17-24,26,30,37-44H,3-4,16,25,27-29H2,1-2H3. The average Bonchev–Trinajstić information content (AvgIpc) is 3.59. The number of unbranched alkanes of at least 4 members (excludes halogenated alkanes) is 2. The van der Waals surface area contributed by atoms with E-state index in [0.717, 1.165) is 52.4 Å². The molecule has 49 heavy (non-hydrogen) atoms. The van der Waals surface area contributed by atoms with E-state index in [1.165, 1.54) is 0 Å². The number of aromatic amines is 1. The van der Waals surface area contributed by atoms with Crippen LogP contribution in [0.2, 0.25) is 0 Å². The minimum absolute atomic E-state index is 0.318. The number of rotatable bonds is 17. The van der Waals surface area contributed by atoms with E-state index in [0.29, 0.717) is 26.4 Å². The number of fused-ring (bicyclic) bond motifs is 1. The van der Waals surface area contributed by atoms with Crippen LogP contribution in [0.1, 0.15) is 61.5 Å². The van der Waals surface area contributed by atoms with Crippen molar-refractivity contribution in [1.82, 2.24) is 4.98 Å². The van der Waals surface area contributed by atoms with E-state index in [-0.39, 0.29) is 6.10 Å². The van der Waals surface area contributed by atoms with Crippen molar-refractivity contribution in [2.45, 2.75) is 95.7 Å². The first-order chi connectivity index (χ1) is 24.1. The smallest absolute Gasteiger partial charge is 0.116 e. The Labute approximate surface area is 290 Å². The molecule has 0 aliphatic heterocycles. The minimum Gasteiger partial charge on any atom is -0.387 e. The van der Waals surface area contributed by atoms with Gasteiger partial charge in [-0.15, -0.1) is 0 Å². The molecule has 7 nitrogen and oxygen atoms in total. The molecule has 6 rings (SSSR count). The summed E-state index contributed by atoms with van der Waals surface area (Å²) in [5.74, 6) is 0. The molecule has 1 fully saturated rings. The molecule has 0 bridgehead atoms. The lowest BCUT2D eigenvalue weighted by atomic mass is 9.83. The Morgan fingerprint density at radius 1 is 0.592 bits per heavy atom. The van der Waals surface area contributed by atoms with Crippen LogP contribution in [-0.4, -0.2) is 53.3 Å². The number of ether oxygens (including phenoxy) is 5. The van der Waals surface area contributed by atoms with Crippen LogP contribution in [0.3, 0.4) is 0 Å². The summed E-state index contributed by atoms with van der Waals surface area (Å²) < 4.78 is 33.8. The summed E-state index contributed by atoms with van der Waals surface area (Å²) in [4.78, 5) is 3.37. The fraction of sp³-hybridized carbons (Fsp3) is 0.381. The summed E-state index contributed by atoms with van der Waals surface area (Å²) >= 11 is 0. The molecule has 1 aliphatic rings. The van der Waals surface area contributed by atoms with Crippen LogP contribution in [-0.2, 0) is 43.5 Å². The van der Waals surface area contributed by atoms with Gasteiger partial charge in [-0.1, -0.05) is 129 Å². The Morgan fingerprint density at radius 3 is 1.63 bits per heavy atom. The fourth-order valence-corrected chi connectivity index (χ4v) is 6.67. The van der Waals surface area contributed by atoms with E-state index < -0.39 is 36.6 Å². The van der Waals surface area contributed by atoms with Gasteiger partial charge in [-0.05, 0) is 36.1 Å². The highest BCUT2D eigenvalue weighted by molar-refractivity contribution is 5.83. The molecule has 0 saturated heterocycles. The van der Waals surface area contributed by atoms with Crippen molar-refractivity contribution in [2.75, 3.05) is 6.61 Å². The topological polar surface area (TPSA) is 82.2 Å². The number of hydrogen-bond acceptors (Lipinski definition) is 6. The number of aromatic nitrogens is 1. The number of H-pyrrole nitrogens is 1. The SMILES string of the molecule is CCCCCOC1C(O)C(OC(C)c2c[nH]c3ccccc23)C(OCc2ccccc2)C(OCc2ccccc2)C1OCc1ccccc1. The second kappa shape index (κ2) is 17.7. The molecule has 1 heterocycles. The number of para-hydroxylation sites is 1. The zero-order valence-electron chi connectivity index (χ0n) is 28.5. The molecule has 7 atom stereocenters. The van der Waals surface area contributed by atoms with E-state index in [2.05, 4.69) is 24.0 Å². The second-order valence-corrected chi connectivity index (χ2v) is 12.8. The zero-order chi connectivity index (χ0) is 33.8. The predicted molar refractivity (Wildman–Crippen MR) is 192 cm³/mol. The Kier molecular flexibility index (Phi) is 12.7. The van der Waals surface area contributed by atoms with Gasteiger partial charge in [-0.25, -0.2) is 0 Å². The van der Waals surface area contributed by atoms with Crippen molar-refractivity contribution in [3.63, 3.8) is 0 Å². The predicted octanol–water partition coefficient (Wildman–Crippen LogP) is 8.32. The maximum Gasteiger partial charge on any atom is 0.116 e. The van der Waals surface area contributed by atoms with Crippen molar-refractivity contribution in [1.29, 1.82) is 0 Å². The highest BCUT2D eigenvalue weighted by Gasteiger charge is 2.54. The molecule has 7 heteroatoms. The molecule has 258 valence electrons. The Hall–Kier alpha value is -3.82. The van der Waals surface area contributed by atoms with Gasteiger partial charge in [0.25, 0.3) is 0 Å². The summed E-state index contributed by atoms with van der Waals surface area (Å²) in [5, 5.41) is 13.4. The van der Waals surface area contributed by atoms with E-state index in [1.807, 2.05) is 116 Å². The largest absolute Gasteiger partial charge is 0.387 e. The molecule has 1 aromatic heterocycles. The Bertz CT molecular complexity index is 1660. The molecule has 1 saturated carbocycles. The van der Waals surface area contributed by atoms with E-state index >= 15 is 0 Å². The van der Waals surface area contributed by atoms with Crippen LogP contribution >= 0.6 is 0 Å². The van der Waals surface area contributed by atoms with E-state index in [4.69, 9.17) is 23.7 Å². The van der Waals surface area contributed by atoms with Gasteiger partial charge in [0.05, 0.1) is 25.9 Å². The van der Waals surface area contributed by atoms with Gasteiger partial charge in [-0.3, -0.25) is 0 Å². The van der Waals surface area contributed by atoms with Gasteiger partial charge >= 0.3 is 0 Å². The third-order valence-corrected chi connectivity index (χ3v) is 9.30. The number of aliphatic hydroxyl groups is 1. The molecule has 5 aromatic rings. The molecule has 1 aliphatic carbocycles. The van der Waals surface area contributed by atoms with Crippen molar-refractivity contribution >= 4 is 10.9 Å². The van der Waals surface area contributed by atoms with Crippen LogP contribution in [0.25, 0.3) is 10.9 Å². The first-order valence-electron chi connectivity index (χ1n) is 17.6. The van der Waals surface area contributed by atoms with Crippen molar-refractivity contribution in [3.05, 3.63) is 144 Å². The molecular formula is C42H49NO6. The normalized spacial score (nSPS) is 23.1. The summed E-state index contributed by atoms with van der Waals surface area (Å²) in [6, 6.07) is 38.4. The zero-order valence-corrected chi connectivity index (χ0v) is 28.5. The van der Waals surface area contributed by atoms with Crippen LogP contribution in [0.5, 0.6) is 0 Å². The summed E-state index contributed by atoms with van der Waals surface area (Å²) in [7, 11) is 0. The van der Waals surface area contributed by atoms with Crippen LogP contribution in [0.4, 0.5) is 0 Å². The molecular weight excluding hydrogens is 614 g/mol. The van der Waals surface area contributed by atoms with Gasteiger partial charge in [0, 0.05) is 29.3 Å². The molecule has 0 radical (unpaired) electrons. The Balaban J connectivity index is 1.36. The third-order valence-electron chi connectivity index (χ3n) is 9.30. The first kappa shape index (κ1) is 35.0. The van der Waals surface area contributed by atoms with E-state index in [9.17, 15) is 5.11 Å². The minimum atomic E-state index is -1.05. The van der Waals surface area contributed by atoms with Crippen LogP contribution in [0.15, 0.2) is 121 Å². The lowest BCUT2D eigenvalue weighted by Crippen LogP contribution is -2.67. The van der Waals surface area contributed by atoms with Gasteiger partial charge in [0.1, 0.15) is 36.6 Å². The van der Waals surface area contributed by atoms with Crippen molar-refractivity contribution in [3.8, 4) is 0 Å². The molecule has 0 amide bonds. The maximum atomic E-state index is 12.3. The molecule has 2 N–H and O–H groups in total.